The first-order valence-electron chi connectivity index (χ1n) is 6.17. The van der Waals surface area contributed by atoms with Crippen molar-refractivity contribution in [2.24, 2.45) is 0 Å². The van der Waals surface area contributed by atoms with Gasteiger partial charge in [-0.25, -0.2) is 4.98 Å². The number of nitrogens with one attached hydrogen (secondary N) is 2. The van der Waals surface area contributed by atoms with Crippen molar-refractivity contribution in [3.63, 3.8) is 0 Å². The summed E-state index contributed by atoms with van der Waals surface area (Å²) >= 11 is 0. The van der Waals surface area contributed by atoms with E-state index < -0.39 is 0 Å². The topological polar surface area (TPSA) is 73.9 Å². The highest BCUT2D eigenvalue weighted by molar-refractivity contribution is 5.87. The number of H-pyrrole nitrogens is 1. The van der Waals surface area contributed by atoms with Crippen molar-refractivity contribution in [1.82, 2.24) is 20.1 Å². The number of anilines is 1. The molecule has 1 atom stereocenters. The Labute approximate surface area is 110 Å². The van der Waals surface area contributed by atoms with Crippen molar-refractivity contribution < 1.29 is 4.79 Å². The molecule has 1 unspecified atom stereocenters. The summed E-state index contributed by atoms with van der Waals surface area (Å²) in [4.78, 5) is 18.0. The van der Waals surface area contributed by atoms with Gasteiger partial charge in [-0.2, -0.15) is 5.10 Å². The summed E-state index contributed by atoms with van der Waals surface area (Å²) in [7, 11) is 1.77. The largest absolute Gasteiger partial charge is 0.373 e. The number of carbonyl (C=O) groups is 1. The lowest BCUT2D eigenvalue weighted by molar-refractivity contribution is -0.131. The van der Waals surface area contributed by atoms with E-state index in [-0.39, 0.29) is 11.9 Å². The molecule has 98 valence electrons. The predicted molar refractivity (Wildman–Crippen MR) is 70.4 cm³/mol. The molecule has 0 spiro atoms. The van der Waals surface area contributed by atoms with E-state index in [4.69, 9.17) is 0 Å². The smallest absolute Gasteiger partial charge is 0.245 e. The van der Waals surface area contributed by atoms with Gasteiger partial charge in [0, 0.05) is 19.2 Å². The van der Waals surface area contributed by atoms with Gasteiger partial charge in [-0.15, -0.1) is 0 Å². The van der Waals surface area contributed by atoms with Gasteiger partial charge in [0.25, 0.3) is 0 Å². The molecule has 1 amide bonds. The summed E-state index contributed by atoms with van der Waals surface area (Å²) in [5.41, 5.74) is 2.24. The number of carbonyl (C=O) groups excluding carboxylic acids is 1. The van der Waals surface area contributed by atoms with Crippen LogP contribution in [0.5, 0.6) is 0 Å². The highest BCUT2D eigenvalue weighted by Crippen LogP contribution is 2.25. The third-order valence-electron chi connectivity index (χ3n) is 3.30. The minimum absolute atomic E-state index is 0.0626. The lowest BCUT2D eigenvalue weighted by Gasteiger charge is -2.20. The number of nitrogens with zero attached hydrogens (tertiary/aromatic N) is 3. The van der Waals surface area contributed by atoms with Crippen LogP contribution in [0.15, 0.2) is 30.6 Å². The average Bonchev–Trinajstić information content (AvgIpc) is 3.05. The lowest BCUT2D eigenvalue weighted by Crippen LogP contribution is -2.39. The van der Waals surface area contributed by atoms with E-state index in [2.05, 4.69) is 20.5 Å². The fourth-order valence-corrected chi connectivity index (χ4v) is 2.32. The van der Waals surface area contributed by atoms with Crippen LogP contribution in [0.2, 0.25) is 0 Å². The molecule has 2 aromatic rings. The SMILES string of the molecule is CN(Cc1ncn[nH]1)C(=O)C1Cc2ccccc2N1. The van der Waals surface area contributed by atoms with Gasteiger partial charge in [-0.05, 0) is 11.6 Å². The van der Waals surface area contributed by atoms with E-state index in [1.165, 1.54) is 11.9 Å². The van der Waals surface area contributed by atoms with E-state index in [1.807, 2.05) is 24.3 Å². The van der Waals surface area contributed by atoms with Crippen LogP contribution < -0.4 is 5.32 Å². The summed E-state index contributed by atoms with van der Waals surface area (Å²) < 4.78 is 0. The number of rotatable bonds is 3. The molecule has 0 bridgehead atoms. The molecule has 1 aromatic carbocycles. The zero-order valence-corrected chi connectivity index (χ0v) is 10.6. The number of hydrogen-bond acceptors (Lipinski definition) is 4. The van der Waals surface area contributed by atoms with E-state index >= 15 is 0 Å². The Balaban J connectivity index is 1.66. The monoisotopic (exact) mass is 257 g/mol. The molecular weight excluding hydrogens is 242 g/mol. The summed E-state index contributed by atoms with van der Waals surface area (Å²) in [5.74, 6) is 0.749. The quantitative estimate of drug-likeness (QED) is 0.853. The molecule has 0 saturated heterocycles. The fourth-order valence-electron chi connectivity index (χ4n) is 2.32. The molecule has 19 heavy (non-hydrogen) atoms. The second-order valence-corrected chi connectivity index (χ2v) is 4.68. The second kappa shape index (κ2) is 4.72. The molecule has 6 heteroatoms. The summed E-state index contributed by atoms with van der Waals surface area (Å²) in [5, 5.41) is 9.79. The molecule has 1 aliphatic rings. The Kier molecular flexibility index (Phi) is 2.91. The van der Waals surface area contributed by atoms with Gasteiger partial charge in [0.2, 0.25) is 5.91 Å². The van der Waals surface area contributed by atoms with Crippen LogP contribution in [0.4, 0.5) is 5.69 Å². The maximum Gasteiger partial charge on any atom is 0.245 e. The molecule has 2 heterocycles. The van der Waals surface area contributed by atoms with Crippen molar-refractivity contribution in [1.29, 1.82) is 0 Å². The minimum atomic E-state index is -0.190. The van der Waals surface area contributed by atoms with Gasteiger partial charge >= 0.3 is 0 Å². The highest BCUT2D eigenvalue weighted by atomic mass is 16.2. The van der Waals surface area contributed by atoms with Gasteiger partial charge in [0.1, 0.15) is 18.2 Å². The van der Waals surface area contributed by atoms with Crippen molar-refractivity contribution in [2.45, 2.75) is 19.0 Å². The molecule has 2 N–H and O–H groups in total. The van der Waals surface area contributed by atoms with Crippen LogP contribution in [0.3, 0.4) is 0 Å². The van der Waals surface area contributed by atoms with E-state index in [0.717, 1.165) is 12.1 Å². The van der Waals surface area contributed by atoms with Crippen LogP contribution in [0, 0.1) is 0 Å². The van der Waals surface area contributed by atoms with Crippen LogP contribution >= 0.6 is 0 Å². The molecule has 0 radical (unpaired) electrons. The third-order valence-corrected chi connectivity index (χ3v) is 3.30. The summed E-state index contributed by atoms with van der Waals surface area (Å²) in [6.45, 7) is 0.438. The highest BCUT2D eigenvalue weighted by Gasteiger charge is 2.28. The first-order chi connectivity index (χ1) is 9.24. The number of benzene rings is 1. The molecular formula is C13H15N5O. The van der Waals surface area contributed by atoms with Crippen molar-refractivity contribution in [3.05, 3.63) is 42.0 Å². The molecule has 1 aliphatic heterocycles. The standard InChI is InChI=1S/C13H15N5O/c1-18(7-12-14-8-15-17-12)13(19)11-6-9-4-2-3-5-10(9)16-11/h2-5,8,11,16H,6-7H2,1H3,(H,14,15,17). The molecule has 0 aliphatic carbocycles. The van der Waals surface area contributed by atoms with E-state index in [1.54, 1.807) is 11.9 Å². The first-order valence-corrected chi connectivity index (χ1v) is 6.17. The Hall–Kier alpha value is -2.37. The maximum atomic E-state index is 12.3. The number of aromatic amines is 1. The number of hydrogen-bond donors (Lipinski definition) is 2. The number of fused-ring (bicyclic) bond motifs is 1. The average molecular weight is 257 g/mol. The maximum absolute atomic E-state index is 12.3. The Morgan fingerprint density at radius 1 is 1.47 bits per heavy atom. The van der Waals surface area contributed by atoms with E-state index in [9.17, 15) is 4.79 Å². The second-order valence-electron chi connectivity index (χ2n) is 4.68. The molecule has 0 fully saturated rings. The Bertz CT molecular complexity index is 555. The number of aromatic nitrogens is 3. The number of likely N-dealkylation sites (N-methyl/N-ethyl adjacent to an activating group) is 1. The zero-order chi connectivity index (χ0) is 13.2. The molecule has 3 rings (SSSR count). The summed E-state index contributed by atoms with van der Waals surface area (Å²) in [6.07, 6.45) is 2.17. The van der Waals surface area contributed by atoms with Crippen molar-refractivity contribution in [3.8, 4) is 0 Å². The molecule has 6 nitrogen and oxygen atoms in total. The van der Waals surface area contributed by atoms with Gasteiger partial charge < -0.3 is 10.2 Å². The number of para-hydroxylation sites is 1. The lowest BCUT2D eigenvalue weighted by atomic mass is 10.1. The summed E-state index contributed by atoms with van der Waals surface area (Å²) in [6, 6.07) is 7.82. The predicted octanol–water partition coefficient (Wildman–Crippen LogP) is 0.800. The van der Waals surface area contributed by atoms with Crippen LogP contribution in [0.25, 0.3) is 0 Å². The van der Waals surface area contributed by atoms with Crippen LogP contribution in [0.1, 0.15) is 11.4 Å². The fraction of sp³-hybridized carbons (Fsp3) is 0.308. The minimum Gasteiger partial charge on any atom is -0.373 e. The molecule has 1 aromatic heterocycles. The van der Waals surface area contributed by atoms with Gasteiger partial charge in [0.15, 0.2) is 0 Å². The zero-order valence-electron chi connectivity index (χ0n) is 10.6. The van der Waals surface area contributed by atoms with Gasteiger partial charge in [-0.1, -0.05) is 18.2 Å². The first kappa shape index (κ1) is 11.7. The van der Waals surface area contributed by atoms with E-state index in [0.29, 0.717) is 12.4 Å². The van der Waals surface area contributed by atoms with Gasteiger partial charge in [-0.3, -0.25) is 9.89 Å². The molecule has 0 saturated carbocycles. The Morgan fingerprint density at radius 2 is 2.32 bits per heavy atom. The van der Waals surface area contributed by atoms with Crippen molar-refractivity contribution in [2.75, 3.05) is 12.4 Å². The normalized spacial score (nSPS) is 16.8. The van der Waals surface area contributed by atoms with Crippen molar-refractivity contribution >= 4 is 11.6 Å². The third kappa shape index (κ3) is 2.29. The Morgan fingerprint density at radius 3 is 3.05 bits per heavy atom. The van der Waals surface area contributed by atoms with Crippen LogP contribution in [-0.4, -0.2) is 39.1 Å². The van der Waals surface area contributed by atoms with Gasteiger partial charge in [0.05, 0.1) is 6.54 Å². The number of amides is 1. The van der Waals surface area contributed by atoms with Crippen LogP contribution in [-0.2, 0) is 17.8 Å².